The fourth-order valence-electron chi connectivity index (χ4n) is 2.81. The normalized spacial score (nSPS) is 22.6. The highest BCUT2D eigenvalue weighted by molar-refractivity contribution is 4.78. The number of hydrogen-bond acceptors (Lipinski definition) is 1. The quantitative estimate of drug-likeness (QED) is 0.697. The molecule has 0 aromatic carbocycles. The molecule has 1 rings (SSSR count). The average molecular weight is 211 g/mol. The van der Waals surface area contributed by atoms with Gasteiger partial charge in [0.15, 0.2) is 0 Å². The minimum atomic E-state index is 0.710. The van der Waals surface area contributed by atoms with Crippen LogP contribution in [-0.2, 0) is 0 Å². The molecular weight excluding hydrogens is 182 g/mol. The van der Waals surface area contributed by atoms with E-state index in [0.717, 1.165) is 12.0 Å². The Morgan fingerprint density at radius 2 is 1.80 bits per heavy atom. The Labute approximate surface area is 96.0 Å². The first-order valence-electron chi connectivity index (χ1n) is 7.00. The van der Waals surface area contributed by atoms with Gasteiger partial charge in [-0.05, 0) is 39.0 Å². The van der Waals surface area contributed by atoms with E-state index in [1.165, 1.54) is 51.4 Å². The largest absolute Gasteiger partial charge is 0.312 e. The zero-order chi connectivity index (χ0) is 11.1. The fraction of sp³-hybridized carbons (Fsp3) is 1.00. The molecule has 0 heterocycles. The third kappa shape index (κ3) is 5.01. The second-order valence-electron chi connectivity index (χ2n) is 5.40. The molecule has 0 aromatic rings. The van der Waals surface area contributed by atoms with Crippen LogP contribution in [0, 0.1) is 5.92 Å². The molecule has 0 aliphatic heterocycles. The van der Waals surface area contributed by atoms with E-state index < -0.39 is 0 Å². The second kappa shape index (κ2) is 7.27. The maximum Gasteiger partial charge on any atom is 0.00694 e. The first kappa shape index (κ1) is 13.0. The molecule has 0 amide bonds. The summed E-state index contributed by atoms with van der Waals surface area (Å²) in [7, 11) is 0. The van der Waals surface area contributed by atoms with E-state index >= 15 is 0 Å². The summed E-state index contributed by atoms with van der Waals surface area (Å²) in [6.45, 7) is 7.00. The summed E-state index contributed by atoms with van der Waals surface area (Å²) in [6, 6.07) is 1.44. The van der Waals surface area contributed by atoms with Crippen LogP contribution < -0.4 is 5.32 Å². The Morgan fingerprint density at radius 1 is 1.13 bits per heavy atom. The van der Waals surface area contributed by atoms with Crippen molar-refractivity contribution in [3.63, 3.8) is 0 Å². The molecule has 0 spiro atoms. The molecule has 1 saturated carbocycles. The Kier molecular flexibility index (Phi) is 6.31. The zero-order valence-electron chi connectivity index (χ0n) is 10.9. The highest BCUT2D eigenvalue weighted by Crippen LogP contribution is 2.26. The van der Waals surface area contributed by atoms with E-state index in [0.29, 0.717) is 6.04 Å². The van der Waals surface area contributed by atoms with E-state index in [4.69, 9.17) is 0 Å². The van der Waals surface area contributed by atoms with Crippen molar-refractivity contribution in [2.45, 2.75) is 84.2 Å². The van der Waals surface area contributed by atoms with Gasteiger partial charge >= 0.3 is 0 Å². The third-order valence-electron chi connectivity index (χ3n) is 3.90. The van der Waals surface area contributed by atoms with Crippen molar-refractivity contribution in [2.24, 2.45) is 5.92 Å². The summed E-state index contributed by atoms with van der Waals surface area (Å²) in [5.41, 5.74) is 0. The molecule has 0 radical (unpaired) electrons. The smallest absolute Gasteiger partial charge is 0.00694 e. The van der Waals surface area contributed by atoms with Gasteiger partial charge in [0, 0.05) is 12.1 Å². The summed E-state index contributed by atoms with van der Waals surface area (Å²) in [4.78, 5) is 0. The molecular formula is C14H29N. The first-order chi connectivity index (χ1) is 7.24. The van der Waals surface area contributed by atoms with E-state index in [-0.39, 0.29) is 0 Å². The molecule has 1 aliphatic carbocycles. The lowest BCUT2D eigenvalue weighted by atomic mass is 9.84. The van der Waals surface area contributed by atoms with Crippen molar-refractivity contribution in [2.75, 3.05) is 0 Å². The lowest BCUT2D eigenvalue weighted by molar-refractivity contribution is 0.263. The Balaban J connectivity index is 2.17. The van der Waals surface area contributed by atoms with E-state index in [9.17, 15) is 0 Å². The van der Waals surface area contributed by atoms with Crippen LogP contribution in [0.5, 0.6) is 0 Å². The van der Waals surface area contributed by atoms with Gasteiger partial charge in [-0.1, -0.05) is 39.0 Å². The molecule has 15 heavy (non-hydrogen) atoms. The number of unbranched alkanes of at least 4 members (excludes halogenated alkanes) is 1. The van der Waals surface area contributed by atoms with Crippen LogP contribution in [0.2, 0.25) is 0 Å². The maximum atomic E-state index is 3.78. The van der Waals surface area contributed by atoms with Crippen molar-refractivity contribution in [3.05, 3.63) is 0 Å². The van der Waals surface area contributed by atoms with Crippen LogP contribution >= 0.6 is 0 Å². The van der Waals surface area contributed by atoms with Gasteiger partial charge in [0.2, 0.25) is 0 Å². The fourth-order valence-corrected chi connectivity index (χ4v) is 2.81. The van der Waals surface area contributed by atoms with Crippen LogP contribution in [-0.4, -0.2) is 12.1 Å². The van der Waals surface area contributed by atoms with Crippen molar-refractivity contribution < 1.29 is 0 Å². The Bertz CT molecular complexity index is 149. The topological polar surface area (TPSA) is 12.0 Å². The van der Waals surface area contributed by atoms with Gasteiger partial charge in [-0.3, -0.25) is 0 Å². The first-order valence-corrected chi connectivity index (χ1v) is 7.00. The minimum absolute atomic E-state index is 0.710. The van der Waals surface area contributed by atoms with E-state index in [1.807, 2.05) is 0 Å². The monoisotopic (exact) mass is 211 g/mol. The lowest BCUT2D eigenvalue weighted by Gasteiger charge is -2.30. The molecule has 1 aliphatic rings. The van der Waals surface area contributed by atoms with Crippen molar-refractivity contribution in [1.29, 1.82) is 0 Å². The molecule has 0 bridgehead atoms. The molecule has 1 nitrogen and oxygen atoms in total. The van der Waals surface area contributed by atoms with Crippen LogP contribution in [0.15, 0.2) is 0 Å². The van der Waals surface area contributed by atoms with Crippen LogP contribution in [0.4, 0.5) is 0 Å². The van der Waals surface area contributed by atoms with Crippen molar-refractivity contribution >= 4 is 0 Å². The summed E-state index contributed by atoms with van der Waals surface area (Å²) >= 11 is 0. The predicted molar refractivity (Wildman–Crippen MR) is 68.2 cm³/mol. The molecule has 2 atom stereocenters. The van der Waals surface area contributed by atoms with Gasteiger partial charge in [-0.2, -0.15) is 0 Å². The summed E-state index contributed by atoms with van der Waals surface area (Å²) in [6.07, 6.45) is 11.3. The third-order valence-corrected chi connectivity index (χ3v) is 3.90. The van der Waals surface area contributed by atoms with Gasteiger partial charge in [0.1, 0.15) is 0 Å². The molecule has 1 N–H and O–H groups in total. The Morgan fingerprint density at radius 3 is 2.40 bits per heavy atom. The van der Waals surface area contributed by atoms with Crippen LogP contribution in [0.3, 0.4) is 0 Å². The summed E-state index contributed by atoms with van der Waals surface area (Å²) in [5.74, 6) is 0.947. The van der Waals surface area contributed by atoms with Gasteiger partial charge in [0.05, 0.1) is 0 Å². The van der Waals surface area contributed by atoms with Crippen LogP contribution in [0.25, 0.3) is 0 Å². The second-order valence-corrected chi connectivity index (χ2v) is 5.40. The average Bonchev–Trinajstić information content (AvgIpc) is 2.27. The molecule has 0 aromatic heterocycles. The highest BCUT2D eigenvalue weighted by atomic mass is 14.9. The maximum absolute atomic E-state index is 3.78. The molecule has 1 fully saturated rings. The van der Waals surface area contributed by atoms with Crippen LogP contribution in [0.1, 0.15) is 72.1 Å². The molecule has 1 heteroatoms. The molecule has 90 valence electrons. The SMILES string of the molecule is CCCCC(C)N[C@H](C)C1CCCCC1. The lowest BCUT2D eigenvalue weighted by Crippen LogP contribution is -2.40. The van der Waals surface area contributed by atoms with Gasteiger partial charge < -0.3 is 5.32 Å². The zero-order valence-corrected chi connectivity index (χ0v) is 10.9. The molecule has 0 saturated heterocycles. The van der Waals surface area contributed by atoms with Crippen molar-refractivity contribution in [3.8, 4) is 0 Å². The standard InChI is InChI=1S/C14H29N/c1-4-5-9-12(2)15-13(3)14-10-7-6-8-11-14/h12-15H,4-11H2,1-3H3/t12?,13-/m1/s1. The van der Waals surface area contributed by atoms with Gasteiger partial charge in [-0.15, -0.1) is 0 Å². The van der Waals surface area contributed by atoms with E-state index in [2.05, 4.69) is 26.1 Å². The number of hydrogen-bond donors (Lipinski definition) is 1. The highest BCUT2D eigenvalue weighted by Gasteiger charge is 2.20. The predicted octanol–water partition coefficient (Wildman–Crippen LogP) is 4.12. The Hall–Kier alpha value is -0.0400. The van der Waals surface area contributed by atoms with Crippen molar-refractivity contribution in [1.82, 2.24) is 5.32 Å². The van der Waals surface area contributed by atoms with Gasteiger partial charge in [0.25, 0.3) is 0 Å². The van der Waals surface area contributed by atoms with Gasteiger partial charge in [-0.25, -0.2) is 0 Å². The number of rotatable bonds is 6. The minimum Gasteiger partial charge on any atom is -0.312 e. The number of nitrogens with one attached hydrogen (secondary N) is 1. The summed E-state index contributed by atoms with van der Waals surface area (Å²) < 4.78 is 0. The van der Waals surface area contributed by atoms with E-state index in [1.54, 1.807) is 0 Å². The summed E-state index contributed by atoms with van der Waals surface area (Å²) in [5, 5.41) is 3.78. The molecule has 1 unspecified atom stereocenters.